The van der Waals surface area contributed by atoms with E-state index in [4.69, 9.17) is 0 Å². The Balaban J connectivity index is 1.83. The minimum absolute atomic E-state index is 0.00902. The maximum atomic E-state index is 13.2. The molecule has 0 fully saturated rings. The molecule has 0 radical (unpaired) electrons. The first-order valence-electron chi connectivity index (χ1n) is 8.15. The fourth-order valence-electron chi connectivity index (χ4n) is 2.60. The Bertz CT molecular complexity index is 989. The van der Waals surface area contributed by atoms with E-state index in [1.807, 2.05) is 17.5 Å². The van der Waals surface area contributed by atoms with Crippen molar-refractivity contribution in [1.29, 1.82) is 0 Å². The molecule has 27 heavy (non-hydrogen) atoms. The van der Waals surface area contributed by atoms with Crippen molar-refractivity contribution in [3.63, 3.8) is 0 Å². The Labute approximate surface area is 160 Å². The van der Waals surface area contributed by atoms with Gasteiger partial charge in [-0.2, -0.15) is 0 Å². The van der Waals surface area contributed by atoms with E-state index in [9.17, 15) is 17.6 Å². The predicted octanol–water partition coefficient (Wildman–Crippen LogP) is 3.16. The van der Waals surface area contributed by atoms with E-state index in [2.05, 4.69) is 10.3 Å². The first-order valence-corrected chi connectivity index (χ1v) is 10.6. The summed E-state index contributed by atoms with van der Waals surface area (Å²) in [5.74, 6) is -0.781. The number of aromatic nitrogens is 1. The highest BCUT2D eigenvalue weighted by molar-refractivity contribution is 7.91. The summed E-state index contributed by atoms with van der Waals surface area (Å²) in [6.07, 6.45) is 3.19. The minimum atomic E-state index is -3.85. The van der Waals surface area contributed by atoms with Crippen molar-refractivity contribution in [2.45, 2.75) is 16.6 Å². The van der Waals surface area contributed by atoms with Crippen molar-refractivity contribution in [2.24, 2.45) is 0 Å². The van der Waals surface area contributed by atoms with Crippen molar-refractivity contribution in [3.05, 3.63) is 82.6 Å². The molecule has 1 N–H and O–H groups in total. The van der Waals surface area contributed by atoms with Crippen LogP contribution < -0.4 is 5.32 Å². The fraction of sp³-hybridized carbons (Fsp3) is 0.158. The second-order valence-electron chi connectivity index (χ2n) is 5.83. The van der Waals surface area contributed by atoms with Crippen molar-refractivity contribution in [3.8, 4) is 0 Å². The molecular formula is C19H17FN2O3S2. The van der Waals surface area contributed by atoms with Crippen LogP contribution in [0.4, 0.5) is 4.39 Å². The normalized spacial score (nSPS) is 12.5. The Hall–Kier alpha value is -2.58. The second kappa shape index (κ2) is 8.41. The van der Waals surface area contributed by atoms with E-state index in [1.165, 1.54) is 29.7 Å². The summed E-state index contributed by atoms with van der Waals surface area (Å²) >= 11 is 1.46. The SMILES string of the molecule is O=C(Cc1cccs1)NCC(c1cccnc1)S(=O)(=O)c1ccc(F)cc1. The summed E-state index contributed by atoms with van der Waals surface area (Å²) in [4.78, 5) is 17.1. The zero-order chi connectivity index (χ0) is 19.3. The largest absolute Gasteiger partial charge is 0.354 e. The van der Waals surface area contributed by atoms with Crippen LogP contribution in [0, 0.1) is 5.82 Å². The van der Waals surface area contributed by atoms with E-state index < -0.39 is 20.9 Å². The van der Waals surface area contributed by atoms with Crippen molar-refractivity contribution in [2.75, 3.05) is 6.54 Å². The van der Waals surface area contributed by atoms with Gasteiger partial charge in [0, 0.05) is 23.8 Å². The van der Waals surface area contributed by atoms with Crippen LogP contribution in [0.2, 0.25) is 0 Å². The zero-order valence-corrected chi connectivity index (χ0v) is 15.8. The van der Waals surface area contributed by atoms with Gasteiger partial charge in [-0.1, -0.05) is 12.1 Å². The number of hydrogen-bond donors (Lipinski definition) is 1. The van der Waals surface area contributed by atoms with E-state index in [1.54, 1.807) is 18.3 Å². The summed E-state index contributed by atoms with van der Waals surface area (Å²) in [5.41, 5.74) is 0.457. The Morgan fingerprint density at radius 1 is 1.15 bits per heavy atom. The van der Waals surface area contributed by atoms with Crippen LogP contribution in [0.3, 0.4) is 0 Å². The van der Waals surface area contributed by atoms with Gasteiger partial charge in [0.15, 0.2) is 9.84 Å². The van der Waals surface area contributed by atoms with Gasteiger partial charge < -0.3 is 5.32 Å². The molecular weight excluding hydrogens is 387 g/mol. The molecule has 2 heterocycles. The monoisotopic (exact) mass is 404 g/mol. The lowest BCUT2D eigenvalue weighted by molar-refractivity contribution is -0.120. The number of nitrogens with zero attached hydrogens (tertiary/aromatic N) is 1. The van der Waals surface area contributed by atoms with Crippen LogP contribution in [-0.4, -0.2) is 25.9 Å². The average Bonchev–Trinajstić information content (AvgIpc) is 3.16. The van der Waals surface area contributed by atoms with Crippen LogP contribution in [0.1, 0.15) is 15.7 Å². The molecule has 0 aliphatic rings. The highest BCUT2D eigenvalue weighted by Crippen LogP contribution is 2.28. The van der Waals surface area contributed by atoms with Gasteiger partial charge in [-0.15, -0.1) is 11.3 Å². The lowest BCUT2D eigenvalue weighted by Gasteiger charge is -2.18. The molecule has 1 unspecified atom stereocenters. The Morgan fingerprint density at radius 3 is 2.56 bits per heavy atom. The number of amides is 1. The van der Waals surface area contributed by atoms with Crippen LogP contribution in [0.5, 0.6) is 0 Å². The second-order valence-corrected chi connectivity index (χ2v) is 9.00. The van der Waals surface area contributed by atoms with Crippen molar-refractivity contribution in [1.82, 2.24) is 10.3 Å². The molecule has 2 aromatic heterocycles. The molecule has 1 amide bonds. The topological polar surface area (TPSA) is 76.1 Å². The molecule has 0 saturated heterocycles. The van der Waals surface area contributed by atoms with Gasteiger partial charge in [-0.25, -0.2) is 12.8 Å². The molecule has 0 aliphatic carbocycles. The zero-order valence-electron chi connectivity index (χ0n) is 14.2. The molecule has 5 nitrogen and oxygen atoms in total. The maximum absolute atomic E-state index is 13.2. The first-order chi connectivity index (χ1) is 13.0. The molecule has 3 rings (SSSR count). The number of nitrogens with one attached hydrogen (secondary N) is 1. The lowest BCUT2D eigenvalue weighted by Crippen LogP contribution is -2.32. The molecule has 140 valence electrons. The summed E-state index contributed by atoms with van der Waals surface area (Å²) in [7, 11) is -3.85. The molecule has 0 aliphatic heterocycles. The summed E-state index contributed by atoms with van der Waals surface area (Å²) < 4.78 is 39.3. The number of rotatable bonds is 7. The van der Waals surface area contributed by atoms with Gasteiger partial charge >= 0.3 is 0 Å². The number of hydrogen-bond acceptors (Lipinski definition) is 5. The number of pyridine rings is 1. The van der Waals surface area contributed by atoms with Gasteiger partial charge in [-0.05, 0) is 47.3 Å². The molecule has 0 saturated carbocycles. The van der Waals surface area contributed by atoms with Crippen LogP contribution in [0.25, 0.3) is 0 Å². The number of carbonyl (C=O) groups is 1. The number of benzene rings is 1. The Kier molecular flexibility index (Phi) is 5.98. The van der Waals surface area contributed by atoms with Gasteiger partial charge in [0.05, 0.1) is 11.3 Å². The van der Waals surface area contributed by atoms with Gasteiger partial charge in [0.2, 0.25) is 5.91 Å². The highest BCUT2D eigenvalue weighted by Gasteiger charge is 2.30. The third-order valence-corrected chi connectivity index (χ3v) is 6.97. The van der Waals surface area contributed by atoms with Gasteiger partial charge in [0.25, 0.3) is 0 Å². The van der Waals surface area contributed by atoms with E-state index in [0.29, 0.717) is 5.56 Å². The van der Waals surface area contributed by atoms with E-state index in [-0.39, 0.29) is 23.8 Å². The minimum Gasteiger partial charge on any atom is -0.354 e. The molecule has 0 bridgehead atoms. The third-order valence-electron chi connectivity index (χ3n) is 3.97. The predicted molar refractivity (Wildman–Crippen MR) is 102 cm³/mol. The number of sulfone groups is 1. The molecule has 1 aromatic carbocycles. The standard InChI is InChI=1S/C19H17FN2O3S2/c20-15-5-7-17(8-6-15)27(24,25)18(14-3-1-9-21-12-14)13-22-19(23)11-16-4-2-10-26-16/h1-10,12,18H,11,13H2,(H,22,23). The van der Waals surface area contributed by atoms with Crippen molar-refractivity contribution >= 4 is 27.1 Å². The van der Waals surface area contributed by atoms with Gasteiger partial charge in [-0.3, -0.25) is 9.78 Å². The average molecular weight is 404 g/mol. The third kappa shape index (κ3) is 4.78. The van der Waals surface area contributed by atoms with E-state index in [0.717, 1.165) is 17.0 Å². The fourth-order valence-corrected chi connectivity index (χ4v) is 4.95. The summed E-state index contributed by atoms with van der Waals surface area (Å²) in [6, 6.07) is 11.6. The van der Waals surface area contributed by atoms with Gasteiger partial charge in [0.1, 0.15) is 11.1 Å². The molecule has 8 heteroatoms. The van der Waals surface area contributed by atoms with Crippen molar-refractivity contribution < 1.29 is 17.6 Å². The maximum Gasteiger partial charge on any atom is 0.225 e. The summed E-state index contributed by atoms with van der Waals surface area (Å²) in [6.45, 7) is -0.102. The highest BCUT2D eigenvalue weighted by atomic mass is 32.2. The van der Waals surface area contributed by atoms with Crippen LogP contribution >= 0.6 is 11.3 Å². The lowest BCUT2D eigenvalue weighted by atomic mass is 10.2. The smallest absolute Gasteiger partial charge is 0.225 e. The molecule has 3 aromatic rings. The molecule has 1 atom stereocenters. The molecule has 0 spiro atoms. The van der Waals surface area contributed by atoms with Crippen LogP contribution in [0.15, 0.2) is 71.2 Å². The number of halogens is 1. The number of carbonyl (C=O) groups excluding carboxylic acids is 1. The Morgan fingerprint density at radius 2 is 1.93 bits per heavy atom. The number of thiophene rings is 1. The first kappa shape index (κ1) is 19.2. The van der Waals surface area contributed by atoms with Crippen LogP contribution in [-0.2, 0) is 21.1 Å². The summed E-state index contributed by atoms with van der Waals surface area (Å²) in [5, 5.41) is 3.54. The van der Waals surface area contributed by atoms with E-state index >= 15 is 0 Å². The quantitative estimate of drug-likeness (QED) is 0.614.